The summed E-state index contributed by atoms with van der Waals surface area (Å²) in [4.78, 5) is 0. The second-order valence-electron chi connectivity index (χ2n) is 3.82. The summed E-state index contributed by atoms with van der Waals surface area (Å²) >= 11 is 0. The Hall–Kier alpha value is -1.07. The lowest BCUT2D eigenvalue weighted by Crippen LogP contribution is -2.28. The van der Waals surface area contributed by atoms with Gasteiger partial charge in [-0.05, 0) is 6.42 Å². The van der Waals surface area contributed by atoms with Crippen LogP contribution in [0, 0.1) is 0 Å². The summed E-state index contributed by atoms with van der Waals surface area (Å²) in [5, 5.41) is 4.11. The zero-order chi connectivity index (χ0) is 11.3. The van der Waals surface area contributed by atoms with Gasteiger partial charge >= 0.3 is 0 Å². The van der Waals surface area contributed by atoms with E-state index in [4.69, 9.17) is 11.6 Å². The molecule has 0 amide bonds. The van der Waals surface area contributed by atoms with Gasteiger partial charge in [0.1, 0.15) is 5.82 Å². The molecule has 0 saturated carbocycles. The van der Waals surface area contributed by atoms with E-state index in [1.807, 2.05) is 7.05 Å². The molecule has 0 aliphatic carbocycles. The van der Waals surface area contributed by atoms with E-state index in [2.05, 4.69) is 17.4 Å². The molecule has 0 saturated heterocycles. The number of aromatic nitrogens is 2. The van der Waals surface area contributed by atoms with Crippen LogP contribution in [-0.4, -0.2) is 9.78 Å². The van der Waals surface area contributed by atoms with Crippen molar-refractivity contribution in [3.63, 3.8) is 0 Å². The number of nitrogens with two attached hydrogens (primary N) is 2. The molecule has 1 unspecified atom stereocenters. The van der Waals surface area contributed by atoms with Crippen LogP contribution in [0.3, 0.4) is 0 Å². The molecule has 0 aliphatic rings. The molecule has 5 nitrogen and oxygen atoms in total. The van der Waals surface area contributed by atoms with Crippen molar-refractivity contribution >= 4 is 5.82 Å². The number of nitrogens with zero attached hydrogens (tertiary/aromatic N) is 2. The number of nitrogens with one attached hydrogen (secondary N) is 1. The van der Waals surface area contributed by atoms with Gasteiger partial charge < -0.3 is 5.73 Å². The number of nitrogen functional groups attached to an aromatic ring is 1. The van der Waals surface area contributed by atoms with Crippen LogP contribution in [-0.2, 0) is 7.05 Å². The van der Waals surface area contributed by atoms with E-state index < -0.39 is 0 Å². The Bertz CT molecular complexity index is 294. The van der Waals surface area contributed by atoms with Gasteiger partial charge in [0.15, 0.2) is 0 Å². The molecule has 5 N–H and O–H groups in total. The molecule has 15 heavy (non-hydrogen) atoms. The molecular weight excluding hydrogens is 190 g/mol. The first kappa shape index (κ1) is 12.0. The number of anilines is 1. The fourth-order valence-corrected chi connectivity index (χ4v) is 1.66. The number of rotatable bonds is 6. The Balaban J connectivity index is 2.61. The smallest absolute Gasteiger partial charge is 0.126 e. The first-order chi connectivity index (χ1) is 7.20. The van der Waals surface area contributed by atoms with Crippen molar-refractivity contribution in [2.24, 2.45) is 12.9 Å². The van der Waals surface area contributed by atoms with E-state index in [1.165, 1.54) is 12.8 Å². The zero-order valence-corrected chi connectivity index (χ0v) is 9.53. The van der Waals surface area contributed by atoms with Gasteiger partial charge in [-0.25, -0.2) is 0 Å². The summed E-state index contributed by atoms with van der Waals surface area (Å²) in [6, 6.07) is 0.116. The Morgan fingerprint density at radius 3 is 2.73 bits per heavy atom. The maximum absolute atomic E-state index is 5.89. The average molecular weight is 211 g/mol. The lowest BCUT2D eigenvalue weighted by atomic mass is 10.0. The monoisotopic (exact) mass is 211 g/mol. The van der Waals surface area contributed by atoms with Crippen LogP contribution in [0.4, 0.5) is 5.82 Å². The van der Waals surface area contributed by atoms with Crippen molar-refractivity contribution in [3.05, 3.63) is 11.8 Å². The molecule has 0 fully saturated rings. The van der Waals surface area contributed by atoms with Gasteiger partial charge in [-0.1, -0.05) is 26.2 Å². The lowest BCUT2D eigenvalue weighted by Gasteiger charge is -2.14. The molecule has 86 valence electrons. The molecule has 1 heterocycles. The summed E-state index contributed by atoms with van der Waals surface area (Å²) in [6.45, 7) is 2.18. The van der Waals surface area contributed by atoms with Crippen LogP contribution in [0.15, 0.2) is 6.20 Å². The fraction of sp³-hybridized carbons (Fsp3) is 0.700. The van der Waals surface area contributed by atoms with Gasteiger partial charge in [-0.15, -0.1) is 0 Å². The van der Waals surface area contributed by atoms with Crippen LogP contribution in [0.25, 0.3) is 0 Å². The van der Waals surface area contributed by atoms with Crippen molar-refractivity contribution in [3.8, 4) is 0 Å². The van der Waals surface area contributed by atoms with Crippen molar-refractivity contribution in [2.45, 2.75) is 38.6 Å². The highest BCUT2D eigenvalue weighted by atomic mass is 15.3. The van der Waals surface area contributed by atoms with Crippen LogP contribution in [0.2, 0.25) is 0 Å². The third-order valence-corrected chi connectivity index (χ3v) is 2.69. The highest BCUT2D eigenvalue weighted by molar-refractivity contribution is 5.40. The summed E-state index contributed by atoms with van der Waals surface area (Å²) < 4.78 is 1.67. The second kappa shape index (κ2) is 5.72. The number of hydrazine groups is 1. The molecule has 0 bridgehead atoms. The van der Waals surface area contributed by atoms with Gasteiger partial charge in [-0.3, -0.25) is 16.0 Å². The van der Waals surface area contributed by atoms with Crippen LogP contribution in [0.5, 0.6) is 0 Å². The van der Waals surface area contributed by atoms with Crippen LogP contribution >= 0.6 is 0 Å². The number of unbranched alkanes of at least 4 members (excludes halogenated alkanes) is 2. The van der Waals surface area contributed by atoms with Crippen LogP contribution in [0.1, 0.15) is 44.2 Å². The van der Waals surface area contributed by atoms with E-state index >= 15 is 0 Å². The molecule has 0 spiro atoms. The van der Waals surface area contributed by atoms with Gasteiger partial charge in [0, 0.05) is 12.6 Å². The fourth-order valence-electron chi connectivity index (χ4n) is 1.66. The predicted octanol–water partition coefficient (Wildman–Crippen LogP) is 1.09. The minimum absolute atomic E-state index is 0.116. The van der Waals surface area contributed by atoms with Crippen molar-refractivity contribution in [2.75, 3.05) is 5.73 Å². The lowest BCUT2D eigenvalue weighted by molar-refractivity contribution is 0.488. The van der Waals surface area contributed by atoms with Gasteiger partial charge in [-0.2, -0.15) is 5.10 Å². The molecule has 1 aromatic rings. The van der Waals surface area contributed by atoms with Gasteiger partial charge in [0.25, 0.3) is 0 Å². The summed E-state index contributed by atoms with van der Waals surface area (Å²) in [5.41, 5.74) is 9.68. The maximum Gasteiger partial charge on any atom is 0.126 e. The molecule has 0 aromatic carbocycles. The minimum Gasteiger partial charge on any atom is -0.384 e. The van der Waals surface area contributed by atoms with Crippen LogP contribution < -0.4 is 17.0 Å². The quantitative estimate of drug-likeness (QED) is 0.374. The number of hydrogen-bond donors (Lipinski definition) is 3. The summed E-state index contributed by atoms with van der Waals surface area (Å²) in [5.74, 6) is 6.21. The van der Waals surface area contributed by atoms with Gasteiger partial charge in [0.2, 0.25) is 0 Å². The second-order valence-corrected chi connectivity index (χ2v) is 3.82. The molecule has 1 rings (SSSR count). The molecule has 1 atom stereocenters. The first-order valence-electron chi connectivity index (χ1n) is 5.44. The van der Waals surface area contributed by atoms with E-state index in [0.29, 0.717) is 5.82 Å². The van der Waals surface area contributed by atoms with E-state index in [-0.39, 0.29) is 6.04 Å². The van der Waals surface area contributed by atoms with Crippen molar-refractivity contribution in [1.82, 2.24) is 15.2 Å². The normalized spacial score (nSPS) is 13.0. The highest BCUT2D eigenvalue weighted by Gasteiger charge is 2.15. The van der Waals surface area contributed by atoms with Crippen molar-refractivity contribution in [1.29, 1.82) is 0 Å². The maximum atomic E-state index is 5.89. The van der Waals surface area contributed by atoms with Crippen molar-refractivity contribution < 1.29 is 0 Å². The Morgan fingerprint density at radius 1 is 1.53 bits per heavy atom. The van der Waals surface area contributed by atoms with E-state index in [0.717, 1.165) is 18.4 Å². The minimum atomic E-state index is 0.116. The molecule has 1 aromatic heterocycles. The zero-order valence-electron chi connectivity index (χ0n) is 9.53. The van der Waals surface area contributed by atoms with E-state index in [1.54, 1.807) is 10.9 Å². The Kier molecular flexibility index (Phi) is 4.58. The molecule has 0 aliphatic heterocycles. The number of hydrogen-bond acceptors (Lipinski definition) is 4. The Morgan fingerprint density at radius 2 is 2.27 bits per heavy atom. The SMILES string of the molecule is CCCCCC(NN)c1cnn(C)c1N. The summed E-state index contributed by atoms with van der Waals surface area (Å²) in [7, 11) is 1.83. The molecule has 5 heteroatoms. The standard InChI is InChI=1S/C10H21N5/c1-3-4-5-6-9(14-12)8-7-13-15(2)10(8)11/h7,9,14H,3-6,11-12H2,1-2H3. The van der Waals surface area contributed by atoms with Gasteiger partial charge in [0.05, 0.1) is 12.2 Å². The van der Waals surface area contributed by atoms with E-state index in [9.17, 15) is 0 Å². The predicted molar refractivity (Wildman–Crippen MR) is 61.8 cm³/mol. The average Bonchev–Trinajstić information content (AvgIpc) is 2.56. The third-order valence-electron chi connectivity index (χ3n) is 2.69. The molecular formula is C10H21N5. The highest BCUT2D eigenvalue weighted by Crippen LogP contribution is 2.23. The first-order valence-corrected chi connectivity index (χ1v) is 5.44. The third kappa shape index (κ3) is 2.94. The topological polar surface area (TPSA) is 81.9 Å². The Labute approximate surface area is 90.8 Å². The number of aryl methyl sites for hydroxylation is 1. The molecule has 0 radical (unpaired) electrons. The summed E-state index contributed by atoms with van der Waals surface area (Å²) in [6.07, 6.45) is 6.36. The largest absolute Gasteiger partial charge is 0.384 e.